The number of rotatable bonds is 3. The van der Waals surface area contributed by atoms with Crippen LogP contribution in [0, 0.1) is 0 Å². The Morgan fingerprint density at radius 2 is 1.58 bits per heavy atom. The molecule has 1 aromatic carbocycles. The highest BCUT2D eigenvalue weighted by molar-refractivity contribution is 5.93. The van der Waals surface area contributed by atoms with Crippen LogP contribution in [-0.4, -0.2) is 47.7 Å². The highest BCUT2D eigenvalue weighted by atomic mass is 16.2. The molecule has 2 rings (SSSR count). The van der Waals surface area contributed by atoms with Crippen molar-refractivity contribution in [1.29, 1.82) is 0 Å². The van der Waals surface area contributed by atoms with E-state index in [1.54, 1.807) is 13.8 Å². The van der Waals surface area contributed by atoms with Gasteiger partial charge in [0.05, 0.1) is 0 Å². The van der Waals surface area contributed by atoms with Gasteiger partial charge in [0.15, 0.2) is 5.78 Å². The lowest BCUT2D eigenvalue weighted by molar-refractivity contribution is -0.130. The van der Waals surface area contributed by atoms with Crippen molar-refractivity contribution in [2.45, 2.75) is 20.4 Å². The molecule has 0 saturated carbocycles. The molecule has 0 bridgehead atoms. The van der Waals surface area contributed by atoms with E-state index in [1.807, 2.05) is 29.2 Å². The lowest BCUT2D eigenvalue weighted by Crippen LogP contribution is -2.47. The van der Waals surface area contributed by atoms with Gasteiger partial charge >= 0.3 is 0 Å². The Morgan fingerprint density at radius 3 is 2.05 bits per heavy atom. The van der Waals surface area contributed by atoms with Crippen molar-refractivity contribution in [3.63, 3.8) is 0 Å². The predicted octanol–water partition coefficient (Wildman–Crippen LogP) is 1.55. The van der Waals surface area contributed by atoms with Gasteiger partial charge in [-0.05, 0) is 12.5 Å². The van der Waals surface area contributed by atoms with Crippen molar-refractivity contribution >= 4 is 11.7 Å². The van der Waals surface area contributed by atoms with Crippen molar-refractivity contribution < 1.29 is 9.59 Å². The van der Waals surface area contributed by atoms with E-state index >= 15 is 0 Å². The molecule has 4 heteroatoms. The number of hydrogen-bond donors (Lipinski definition) is 0. The summed E-state index contributed by atoms with van der Waals surface area (Å²) in [6.07, 6.45) is 0. The average molecular weight is 260 g/mol. The minimum Gasteiger partial charge on any atom is -0.340 e. The molecule has 0 aromatic heterocycles. The molecule has 0 radical (unpaired) electrons. The van der Waals surface area contributed by atoms with Crippen molar-refractivity contribution in [2.75, 3.05) is 26.2 Å². The summed E-state index contributed by atoms with van der Waals surface area (Å²) in [5.41, 5.74) is 1.96. The molecule has 4 nitrogen and oxygen atoms in total. The van der Waals surface area contributed by atoms with E-state index in [9.17, 15) is 9.59 Å². The minimum atomic E-state index is 0.0987. The Bertz CT molecular complexity index is 460. The number of carbonyl (C=O) groups excluding carboxylic acids is 2. The molecular weight excluding hydrogens is 240 g/mol. The Morgan fingerprint density at radius 1 is 1.00 bits per heavy atom. The highest BCUT2D eigenvalue weighted by Crippen LogP contribution is 2.10. The molecule has 0 atom stereocenters. The molecule has 102 valence electrons. The third-order valence-corrected chi connectivity index (χ3v) is 3.58. The maximum absolute atomic E-state index is 11.2. The predicted molar refractivity (Wildman–Crippen MR) is 74.0 cm³/mol. The zero-order valence-electron chi connectivity index (χ0n) is 11.6. The molecule has 0 unspecified atom stereocenters. The van der Waals surface area contributed by atoms with Gasteiger partial charge in [0.1, 0.15) is 0 Å². The standard InChI is InChI=1S/C15H20N2O2/c1-12(18)15-5-3-14(4-6-15)11-16-7-9-17(10-8-16)13(2)19/h3-6H,7-11H2,1-2H3. The van der Waals surface area contributed by atoms with Crippen LogP contribution in [0.3, 0.4) is 0 Å². The molecule has 0 aliphatic carbocycles. The van der Waals surface area contributed by atoms with Crippen LogP contribution in [-0.2, 0) is 11.3 Å². The van der Waals surface area contributed by atoms with Crippen molar-refractivity contribution in [2.24, 2.45) is 0 Å². The summed E-state index contributed by atoms with van der Waals surface area (Å²) < 4.78 is 0. The number of Topliss-reactive ketones (excluding diaryl/α,β-unsaturated/α-hetero) is 1. The van der Waals surface area contributed by atoms with Crippen LogP contribution < -0.4 is 0 Å². The molecular formula is C15H20N2O2. The summed E-state index contributed by atoms with van der Waals surface area (Å²) in [5.74, 6) is 0.257. The average Bonchev–Trinajstić information content (AvgIpc) is 2.40. The van der Waals surface area contributed by atoms with E-state index in [4.69, 9.17) is 0 Å². The second-order valence-corrected chi connectivity index (χ2v) is 5.04. The lowest BCUT2D eigenvalue weighted by atomic mass is 10.1. The van der Waals surface area contributed by atoms with Gasteiger partial charge in [-0.3, -0.25) is 14.5 Å². The Labute approximate surface area is 114 Å². The fourth-order valence-corrected chi connectivity index (χ4v) is 2.32. The van der Waals surface area contributed by atoms with E-state index in [-0.39, 0.29) is 11.7 Å². The maximum atomic E-state index is 11.2. The third kappa shape index (κ3) is 3.64. The quantitative estimate of drug-likeness (QED) is 0.774. The van der Waals surface area contributed by atoms with Gasteiger partial charge in [-0.25, -0.2) is 0 Å². The van der Waals surface area contributed by atoms with Crippen LogP contribution >= 0.6 is 0 Å². The van der Waals surface area contributed by atoms with Gasteiger partial charge < -0.3 is 4.90 Å². The van der Waals surface area contributed by atoms with Crippen LogP contribution in [0.15, 0.2) is 24.3 Å². The number of piperazine rings is 1. The van der Waals surface area contributed by atoms with Gasteiger partial charge in [0, 0.05) is 45.2 Å². The van der Waals surface area contributed by atoms with Crippen LogP contribution in [0.25, 0.3) is 0 Å². The number of benzene rings is 1. The van der Waals surface area contributed by atoms with Crippen LogP contribution in [0.4, 0.5) is 0 Å². The molecule has 1 aliphatic heterocycles. The fraction of sp³-hybridized carbons (Fsp3) is 0.467. The smallest absolute Gasteiger partial charge is 0.219 e. The minimum absolute atomic E-state index is 0.0987. The number of ketones is 1. The summed E-state index contributed by atoms with van der Waals surface area (Å²) in [5, 5.41) is 0. The molecule has 1 amide bonds. The first kappa shape index (κ1) is 13.7. The Balaban J connectivity index is 1.88. The van der Waals surface area contributed by atoms with Gasteiger partial charge in [-0.15, -0.1) is 0 Å². The zero-order chi connectivity index (χ0) is 13.8. The second kappa shape index (κ2) is 5.97. The van der Waals surface area contributed by atoms with E-state index in [0.29, 0.717) is 0 Å². The summed E-state index contributed by atoms with van der Waals surface area (Å²) in [4.78, 5) is 26.7. The molecule has 1 saturated heterocycles. The summed E-state index contributed by atoms with van der Waals surface area (Å²) in [6, 6.07) is 7.77. The summed E-state index contributed by atoms with van der Waals surface area (Å²) in [7, 11) is 0. The van der Waals surface area contributed by atoms with Crippen LogP contribution in [0.5, 0.6) is 0 Å². The normalized spacial score (nSPS) is 16.4. The first-order valence-corrected chi connectivity index (χ1v) is 6.64. The van der Waals surface area contributed by atoms with E-state index in [2.05, 4.69) is 4.90 Å². The van der Waals surface area contributed by atoms with E-state index in [0.717, 1.165) is 38.3 Å². The SMILES string of the molecule is CC(=O)c1ccc(CN2CCN(C(C)=O)CC2)cc1. The number of hydrogen-bond acceptors (Lipinski definition) is 3. The monoisotopic (exact) mass is 260 g/mol. The highest BCUT2D eigenvalue weighted by Gasteiger charge is 2.18. The largest absolute Gasteiger partial charge is 0.340 e. The molecule has 0 N–H and O–H groups in total. The Hall–Kier alpha value is -1.68. The van der Waals surface area contributed by atoms with Gasteiger partial charge in [-0.1, -0.05) is 24.3 Å². The second-order valence-electron chi connectivity index (χ2n) is 5.04. The molecule has 1 aliphatic rings. The number of carbonyl (C=O) groups is 2. The summed E-state index contributed by atoms with van der Waals surface area (Å²) >= 11 is 0. The molecule has 1 aromatic rings. The summed E-state index contributed by atoms with van der Waals surface area (Å²) in [6.45, 7) is 7.51. The van der Waals surface area contributed by atoms with E-state index in [1.165, 1.54) is 5.56 Å². The van der Waals surface area contributed by atoms with Crippen molar-refractivity contribution in [3.05, 3.63) is 35.4 Å². The van der Waals surface area contributed by atoms with Gasteiger partial charge in [0.2, 0.25) is 5.91 Å². The molecule has 0 spiro atoms. The number of nitrogens with zero attached hydrogens (tertiary/aromatic N) is 2. The van der Waals surface area contributed by atoms with Gasteiger partial charge in [-0.2, -0.15) is 0 Å². The van der Waals surface area contributed by atoms with Crippen LogP contribution in [0.2, 0.25) is 0 Å². The third-order valence-electron chi connectivity index (χ3n) is 3.58. The topological polar surface area (TPSA) is 40.6 Å². The fourth-order valence-electron chi connectivity index (χ4n) is 2.32. The first-order valence-electron chi connectivity index (χ1n) is 6.64. The maximum Gasteiger partial charge on any atom is 0.219 e. The van der Waals surface area contributed by atoms with Gasteiger partial charge in [0.25, 0.3) is 0 Å². The lowest BCUT2D eigenvalue weighted by Gasteiger charge is -2.34. The van der Waals surface area contributed by atoms with E-state index < -0.39 is 0 Å². The van der Waals surface area contributed by atoms with Crippen molar-refractivity contribution in [3.8, 4) is 0 Å². The Kier molecular flexibility index (Phi) is 4.32. The molecule has 19 heavy (non-hydrogen) atoms. The zero-order valence-corrected chi connectivity index (χ0v) is 11.6. The molecule has 1 heterocycles. The van der Waals surface area contributed by atoms with Crippen molar-refractivity contribution in [1.82, 2.24) is 9.80 Å². The molecule has 1 fully saturated rings. The first-order chi connectivity index (χ1) is 9.06. The van der Waals surface area contributed by atoms with Crippen LogP contribution in [0.1, 0.15) is 29.8 Å². The number of amides is 1.